The molecule has 1 aliphatic rings. The summed E-state index contributed by atoms with van der Waals surface area (Å²) in [5.41, 5.74) is 2.24. The minimum absolute atomic E-state index is 0.901. The van der Waals surface area contributed by atoms with E-state index in [0.717, 1.165) is 18.0 Å². The van der Waals surface area contributed by atoms with Crippen LogP contribution in [-0.4, -0.2) is 29.1 Å². The Kier molecular flexibility index (Phi) is 6.00. The highest BCUT2D eigenvalue weighted by atomic mass is 16.4. The van der Waals surface area contributed by atoms with Crippen LogP contribution in [0.1, 0.15) is 43.7 Å². The second kappa shape index (κ2) is 7.99. The highest BCUT2D eigenvalue weighted by Gasteiger charge is 2.15. The van der Waals surface area contributed by atoms with Crippen LogP contribution in [0.2, 0.25) is 0 Å². The lowest BCUT2D eigenvalue weighted by Crippen LogP contribution is -2.24. The largest absolute Gasteiger partial charge is 0.478 e. The molecule has 0 saturated carbocycles. The van der Waals surface area contributed by atoms with E-state index in [1.54, 1.807) is 6.08 Å². The predicted molar refractivity (Wildman–Crippen MR) is 86.0 cm³/mol. The molecule has 1 saturated heterocycles. The zero-order valence-electron chi connectivity index (χ0n) is 12.8. The fourth-order valence-electron chi connectivity index (χ4n) is 2.95. The fraction of sp³-hybridized carbons (Fsp3) is 0.500. The molecule has 3 heteroatoms. The van der Waals surface area contributed by atoms with Gasteiger partial charge >= 0.3 is 5.97 Å². The molecule has 1 aliphatic heterocycles. The first-order chi connectivity index (χ1) is 10.2. The van der Waals surface area contributed by atoms with Gasteiger partial charge in [-0.2, -0.15) is 0 Å². The normalized spacial score (nSPS) is 20.5. The lowest BCUT2D eigenvalue weighted by Gasteiger charge is -2.20. The molecule has 0 radical (unpaired) electrons. The molecule has 114 valence electrons. The van der Waals surface area contributed by atoms with E-state index in [9.17, 15) is 4.79 Å². The standard InChI is InChI=1S/C18H25NO2/c1-2-15-4-3-12-19(13-11-15)14-17-7-5-16(6-8-17)9-10-18(20)21/h5-10,15H,2-4,11-14H2,1H3,(H,20,21). The van der Waals surface area contributed by atoms with Crippen LogP contribution < -0.4 is 0 Å². The number of carboxylic acid groups (broad SMARTS) is 1. The van der Waals surface area contributed by atoms with Crippen LogP contribution in [0, 0.1) is 5.92 Å². The zero-order valence-corrected chi connectivity index (χ0v) is 12.8. The Morgan fingerprint density at radius 2 is 2.05 bits per heavy atom. The average molecular weight is 287 g/mol. The van der Waals surface area contributed by atoms with Gasteiger partial charge in [0.25, 0.3) is 0 Å². The van der Waals surface area contributed by atoms with Crippen LogP contribution in [0.15, 0.2) is 30.3 Å². The van der Waals surface area contributed by atoms with Gasteiger partial charge in [0.2, 0.25) is 0 Å². The summed E-state index contributed by atoms with van der Waals surface area (Å²) in [5, 5.41) is 8.62. The quantitative estimate of drug-likeness (QED) is 0.837. The Labute approximate surface area is 127 Å². The Balaban J connectivity index is 1.89. The highest BCUT2D eigenvalue weighted by molar-refractivity contribution is 5.85. The fourth-order valence-corrected chi connectivity index (χ4v) is 2.95. The van der Waals surface area contributed by atoms with Crippen molar-refractivity contribution in [2.24, 2.45) is 5.92 Å². The van der Waals surface area contributed by atoms with Gasteiger partial charge in [-0.1, -0.05) is 37.6 Å². The van der Waals surface area contributed by atoms with Crippen LogP contribution in [0.4, 0.5) is 0 Å². The number of aliphatic carboxylic acids is 1. The van der Waals surface area contributed by atoms with E-state index in [0.29, 0.717) is 0 Å². The lowest BCUT2D eigenvalue weighted by molar-refractivity contribution is -0.131. The minimum atomic E-state index is -0.908. The SMILES string of the molecule is CCC1CCCN(Cc2ccc(C=CC(=O)O)cc2)CC1. The number of rotatable bonds is 5. The number of nitrogens with zero attached hydrogens (tertiary/aromatic N) is 1. The van der Waals surface area contributed by atoms with Gasteiger partial charge in [0.1, 0.15) is 0 Å². The van der Waals surface area contributed by atoms with E-state index in [1.807, 2.05) is 12.1 Å². The average Bonchev–Trinajstić information content (AvgIpc) is 2.71. The summed E-state index contributed by atoms with van der Waals surface area (Å²) in [6.07, 6.45) is 8.09. The van der Waals surface area contributed by atoms with Crippen molar-refractivity contribution in [2.45, 2.75) is 39.2 Å². The van der Waals surface area contributed by atoms with Crippen molar-refractivity contribution in [2.75, 3.05) is 13.1 Å². The third-order valence-electron chi connectivity index (χ3n) is 4.32. The first-order valence-corrected chi connectivity index (χ1v) is 7.89. The van der Waals surface area contributed by atoms with Crippen molar-refractivity contribution in [3.05, 3.63) is 41.5 Å². The summed E-state index contributed by atoms with van der Waals surface area (Å²) < 4.78 is 0. The molecule has 0 spiro atoms. The Hall–Kier alpha value is -1.61. The Morgan fingerprint density at radius 3 is 2.71 bits per heavy atom. The summed E-state index contributed by atoms with van der Waals surface area (Å²) >= 11 is 0. The zero-order chi connectivity index (χ0) is 15.1. The first kappa shape index (κ1) is 15.8. The second-order valence-electron chi connectivity index (χ2n) is 5.89. The number of carbonyl (C=O) groups is 1. The van der Waals surface area contributed by atoms with Crippen molar-refractivity contribution >= 4 is 12.0 Å². The van der Waals surface area contributed by atoms with E-state index in [4.69, 9.17) is 5.11 Å². The van der Waals surface area contributed by atoms with Crippen molar-refractivity contribution in [1.29, 1.82) is 0 Å². The minimum Gasteiger partial charge on any atom is -0.478 e. The third-order valence-corrected chi connectivity index (χ3v) is 4.32. The van der Waals surface area contributed by atoms with Crippen LogP contribution in [0.3, 0.4) is 0 Å². The Bertz CT molecular complexity index is 478. The van der Waals surface area contributed by atoms with Crippen LogP contribution in [-0.2, 0) is 11.3 Å². The van der Waals surface area contributed by atoms with Gasteiger partial charge in [0.05, 0.1) is 0 Å². The molecule has 1 fully saturated rings. The van der Waals surface area contributed by atoms with Crippen molar-refractivity contribution < 1.29 is 9.90 Å². The molecule has 0 bridgehead atoms. The number of likely N-dealkylation sites (tertiary alicyclic amines) is 1. The van der Waals surface area contributed by atoms with Crippen LogP contribution >= 0.6 is 0 Å². The van der Waals surface area contributed by atoms with Gasteiger partial charge in [-0.25, -0.2) is 4.79 Å². The molecule has 1 atom stereocenters. The molecule has 1 heterocycles. The van der Waals surface area contributed by atoms with Gasteiger partial charge in [-0.3, -0.25) is 4.90 Å². The van der Waals surface area contributed by atoms with Gasteiger partial charge < -0.3 is 5.11 Å². The van der Waals surface area contributed by atoms with Crippen molar-refractivity contribution in [3.63, 3.8) is 0 Å². The van der Waals surface area contributed by atoms with Crippen molar-refractivity contribution in [3.8, 4) is 0 Å². The van der Waals surface area contributed by atoms with E-state index >= 15 is 0 Å². The maximum Gasteiger partial charge on any atom is 0.328 e. The summed E-state index contributed by atoms with van der Waals surface area (Å²) in [7, 11) is 0. The van der Waals surface area contributed by atoms with E-state index < -0.39 is 5.97 Å². The molecular weight excluding hydrogens is 262 g/mol. The second-order valence-corrected chi connectivity index (χ2v) is 5.89. The maximum atomic E-state index is 10.5. The molecular formula is C18H25NO2. The highest BCUT2D eigenvalue weighted by Crippen LogP contribution is 2.21. The molecule has 21 heavy (non-hydrogen) atoms. The predicted octanol–water partition coefficient (Wildman–Crippen LogP) is 3.80. The third kappa shape index (κ3) is 5.35. The number of hydrogen-bond acceptors (Lipinski definition) is 2. The topological polar surface area (TPSA) is 40.5 Å². The van der Waals surface area contributed by atoms with E-state index in [2.05, 4.69) is 24.0 Å². The molecule has 3 nitrogen and oxygen atoms in total. The molecule has 2 rings (SSSR count). The molecule has 1 N–H and O–H groups in total. The number of benzene rings is 1. The molecule has 0 aliphatic carbocycles. The van der Waals surface area contributed by atoms with Gasteiger partial charge in [0.15, 0.2) is 0 Å². The number of hydrogen-bond donors (Lipinski definition) is 1. The first-order valence-electron chi connectivity index (χ1n) is 7.89. The van der Waals surface area contributed by atoms with Crippen molar-refractivity contribution in [1.82, 2.24) is 4.90 Å². The van der Waals surface area contributed by atoms with E-state index in [-0.39, 0.29) is 0 Å². The molecule has 1 aromatic carbocycles. The summed E-state index contributed by atoms with van der Waals surface area (Å²) in [6.45, 7) is 5.68. The monoisotopic (exact) mass is 287 g/mol. The van der Waals surface area contributed by atoms with E-state index in [1.165, 1.54) is 50.4 Å². The molecule has 1 unspecified atom stereocenters. The summed E-state index contributed by atoms with van der Waals surface area (Å²) in [6, 6.07) is 8.18. The summed E-state index contributed by atoms with van der Waals surface area (Å²) in [4.78, 5) is 13.0. The molecule has 0 aromatic heterocycles. The number of carboxylic acids is 1. The van der Waals surface area contributed by atoms with Gasteiger partial charge in [-0.05, 0) is 55.5 Å². The van der Waals surface area contributed by atoms with Gasteiger partial charge in [-0.15, -0.1) is 0 Å². The summed E-state index contributed by atoms with van der Waals surface area (Å²) in [5.74, 6) is -0.00680. The lowest BCUT2D eigenvalue weighted by atomic mass is 9.98. The Morgan fingerprint density at radius 1 is 1.29 bits per heavy atom. The van der Waals surface area contributed by atoms with Gasteiger partial charge in [0, 0.05) is 12.6 Å². The molecule has 1 aromatic rings. The molecule has 0 amide bonds. The smallest absolute Gasteiger partial charge is 0.328 e. The maximum absolute atomic E-state index is 10.5. The van der Waals surface area contributed by atoms with Crippen LogP contribution in [0.25, 0.3) is 6.08 Å². The van der Waals surface area contributed by atoms with Crippen LogP contribution in [0.5, 0.6) is 0 Å².